The fourth-order valence-electron chi connectivity index (χ4n) is 0.992. The minimum atomic E-state index is 0. The quantitative estimate of drug-likeness (QED) is 0.756. The van der Waals surface area contributed by atoms with Crippen LogP contribution in [0.4, 0.5) is 0 Å². The van der Waals surface area contributed by atoms with Gasteiger partial charge in [-0.3, -0.25) is 5.10 Å². The minimum Gasteiger partial charge on any atom is -0.327 e. The third kappa shape index (κ3) is 3.24. The van der Waals surface area contributed by atoms with Crippen LogP contribution in [0.25, 0.3) is 0 Å². The highest BCUT2D eigenvalue weighted by Crippen LogP contribution is 2.02. The molecule has 1 rings (SSSR count). The molecule has 0 fully saturated rings. The summed E-state index contributed by atoms with van der Waals surface area (Å²) in [5.74, 6) is 0. The molecule has 0 bridgehead atoms. The lowest BCUT2D eigenvalue weighted by Gasteiger charge is -2.03. The number of hydrogen-bond donors (Lipinski definition) is 2. The molecule has 0 amide bonds. The maximum atomic E-state index is 5.76. The second kappa shape index (κ2) is 5.17. The van der Waals surface area contributed by atoms with E-state index in [2.05, 4.69) is 17.1 Å². The minimum absolute atomic E-state index is 0. The molecule has 3 nitrogen and oxygen atoms in total. The van der Waals surface area contributed by atoms with Crippen molar-refractivity contribution in [2.45, 2.75) is 32.7 Å². The van der Waals surface area contributed by atoms with Crippen LogP contribution in [-0.4, -0.2) is 16.2 Å². The van der Waals surface area contributed by atoms with Crippen molar-refractivity contribution in [3.8, 4) is 0 Å². The zero-order valence-electron chi connectivity index (χ0n) is 7.50. The van der Waals surface area contributed by atoms with Crippen LogP contribution in [0.5, 0.6) is 0 Å². The fraction of sp³-hybridized carbons (Fsp3) is 0.625. The number of aryl methyl sites for hydroxylation is 1. The Morgan fingerprint density at radius 2 is 2.33 bits per heavy atom. The van der Waals surface area contributed by atoms with E-state index in [1.54, 1.807) is 0 Å². The second-order valence-electron chi connectivity index (χ2n) is 2.91. The number of nitrogens with zero attached hydrogens (tertiary/aromatic N) is 1. The molecule has 1 aromatic heterocycles. The smallest absolute Gasteiger partial charge is 0.0640 e. The Hall–Kier alpha value is -0.540. The van der Waals surface area contributed by atoms with Crippen LogP contribution in [0.3, 0.4) is 0 Å². The van der Waals surface area contributed by atoms with Crippen molar-refractivity contribution >= 4 is 12.4 Å². The molecule has 0 aliphatic rings. The summed E-state index contributed by atoms with van der Waals surface area (Å²) >= 11 is 0. The van der Waals surface area contributed by atoms with Gasteiger partial charge in [0.1, 0.15) is 0 Å². The largest absolute Gasteiger partial charge is 0.327 e. The number of nitrogens with two attached hydrogens (primary N) is 1. The first-order valence-corrected chi connectivity index (χ1v) is 3.99. The van der Waals surface area contributed by atoms with Crippen molar-refractivity contribution < 1.29 is 0 Å². The van der Waals surface area contributed by atoms with Gasteiger partial charge < -0.3 is 5.73 Å². The zero-order chi connectivity index (χ0) is 8.27. The van der Waals surface area contributed by atoms with Gasteiger partial charge in [0, 0.05) is 18.2 Å². The Morgan fingerprint density at radius 1 is 1.67 bits per heavy atom. The monoisotopic (exact) mass is 189 g/mol. The van der Waals surface area contributed by atoms with Crippen LogP contribution < -0.4 is 5.73 Å². The number of aromatic amines is 1. The maximum absolute atomic E-state index is 5.76. The molecule has 0 aliphatic heterocycles. The molecule has 0 aromatic carbocycles. The summed E-state index contributed by atoms with van der Waals surface area (Å²) in [4.78, 5) is 0. The van der Waals surface area contributed by atoms with Gasteiger partial charge in [-0.15, -0.1) is 12.4 Å². The fourth-order valence-corrected chi connectivity index (χ4v) is 0.992. The molecule has 1 unspecified atom stereocenters. The number of nitrogens with one attached hydrogen (secondary N) is 1. The summed E-state index contributed by atoms with van der Waals surface area (Å²) in [7, 11) is 0. The topological polar surface area (TPSA) is 54.7 Å². The van der Waals surface area contributed by atoms with Crippen LogP contribution in [0.2, 0.25) is 0 Å². The Bertz CT molecular complexity index is 222. The van der Waals surface area contributed by atoms with Crippen LogP contribution in [0, 0.1) is 6.92 Å². The first-order valence-electron chi connectivity index (χ1n) is 3.99. The average molecular weight is 190 g/mol. The number of hydrogen-bond acceptors (Lipinski definition) is 2. The van der Waals surface area contributed by atoms with Gasteiger partial charge in [0.05, 0.1) is 5.69 Å². The third-order valence-electron chi connectivity index (χ3n) is 1.75. The highest BCUT2D eigenvalue weighted by Gasteiger charge is 2.03. The Balaban J connectivity index is 0.00000121. The Kier molecular flexibility index (Phi) is 4.93. The summed E-state index contributed by atoms with van der Waals surface area (Å²) in [6, 6.07) is 2.29. The summed E-state index contributed by atoms with van der Waals surface area (Å²) < 4.78 is 0. The highest BCUT2D eigenvalue weighted by atomic mass is 35.5. The normalized spacial score (nSPS) is 12.2. The van der Waals surface area contributed by atoms with E-state index in [1.165, 1.54) is 0 Å². The molecule has 70 valence electrons. The van der Waals surface area contributed by atoms with E-state index in [1.807, 2.05) is 13.0 Å². The number of H-pyrrole nitrogens is 1. The summed E-state index contributed by atoms with van der Waals surface area (Å²) in [6.07, 6.45) is 1.88. The van der Waals surface area contributed by atoms with Crippen molar-refractivity contribution in [1.29, 1.82) is 0 Å². The highest BCUT2D eigenvalue weighted by molar-refractivity contribution is 5.85. The van der Waals surface area contributed by atoms with E-state index >= 15 is 0 Å². The molecule has 0 saturated carbocycles. The molecule has 0 radical (unpaired) electrons. The maximum Gasteiger partial charge on any atom is 0.0640 e. The standard InChI is InChI=1S/C8H15N3.ClH/c1-3-7(9)5-8-4-6(2)10-11-8;/h4,7H,3,5,9H2,1-2H3,(H,10,11);1H. The van der Waals surface area contributed by atoms with Crippen molar-refractivity contribution in [3.05, 3.63) is 17.5 Å². The summed E-state index contributed by atoms with van der Waals surface area (Å²) in [6.45, 7) is 4.08. The van der Waals surface area contributed by atoms with Crippen molar-refractivity contribution in [2.24, 2.45) is 5.73 Å². The second-order valence-corrected chi connectivity index (χ2v) is 2.91. The predicted molar refractivity (Wildman–Crippen MR) is 52.5 cm³/mol. The van der Waals surface area contributed by atoms with Gasteiger partial charge in [0.2, 0.25) is 0 Å². The van der Waals surface area contributed by atoms with Gasteiger partial charge in [0.15, 0.2) is 0 Å². The zero-order valence-corrected chi connectivity index (χ0v) is 8.32. The first kappa shape index (κ1) is 11.5. The van der Waals surface area contributed by atoms with Gasteiger partial charge in [0.25, 0.3) is 0 Å². The molecule has 1 aromatic rings. The lowest BCUT2D eigenvalue weighted by Crippen LogP contribution is -2.21. The van der Waals surface area contributed by atoms with E-state index in [-0.39, 0.29) is 18.4 Å². The van der Waals surface area contributed by atoms with E-state index < -0.39 is 0 Å². The number of halogens is 1. The van der Waals surface area contributed by atoms with Gasteiger partial charge in [-0.2, -0.15) is 5.10 Å². The van der Waals surface area contributed by atoms with Crippen LogP contribution in [0.15, 0.2) is 6.07 Å². The van der Waals surface area contributed by atoms with Crippen molar-refractivity contribution in [2.75, 3.05) is 0 Å². The molecular weight excluding hydrogens is 174 g/mol. The van der Waals surface area contributed by atoms with E-state index in [4.69, 9.17) is 5.73 Å². The van der Waals surface area contributed by atoms with Gasteiger partial charge in [-0.05, 0) is 19.4 Å². The average Bonchev–Trinajstić information content (AvgIpc) is 2.35. The lowest BCUT2D eigenvalue weighted by atomic mass is 10.1. The molecule has 0 aliphatic carbocycles. The summed E-state index contributed by atoms with van der Waals surface area (Å²) in [5.41, 5.74) is 7.93. The first-order chi connectivity index (χ1) is 5.22. The molecular formula is C8H16ClN3. The molecule has 4 heteroatoms. The summed E-state index contributed by atoms with van der Waals surface area (Å²) in [5, 5.41) is 6.99. The van der Waals surface area contributed by atoms with Gasteiger partial charge in [-0.1, -0.05) is 6.92 Å². The molecule has 0 saturated heterocycles. The molecule has 3 N–H and O–H groups in total. The van der Waals surface area contributed by atoms with Crippen LogP contribution >= 0.6 is 12.4 Å². The molecule has 1 atom stereocenters. The number of aromatic nitrogens is 2. The van der Waals surface area contributed by atoms with Crippen LogP contribution in [0.1, 0.15) is 24.7 Å². The Labute approximate surface area is 79.1 Å². The lowest BCUT2D eigenvalue weighted by molar-refractivity contribution is 0.635. The Morgan fingerprint density at radius 3 is 2.75 bits per heavy atom. The predicted octanol–water partition coefficient (Wildman–Crippen LogP) is 1.42. The molecule has 1 heterocycles. The molecule has 12 heavy (non-hydrogen) atoms. The SMILES string of the molecule is CCC(N)Cc1cc(C)[nH]n1.Cl. The van der Waals surface area contributed by atoms with Gasteiger partial charge in [-0.25, -0.2) is 0 Å². The van der Waals surface area contributed by atoms with E-state index in [9.17, 15) is 0 Å². The van der Waals surface area contributed by atoms with E-state index in [0.717, 1.165) is 24.2 Å². The molecule has 0 spiro atoms. The third-order valence-corrected chi connectivity index (χ3v) is 1.75. The van der Waals surface area contributed by atoms with Crippen molar-refractivity contribution in [1.82, 2.24) is 10.2 Å². The van der Waals surface area contributed by atoms with E-state index in [0.29, 0.717) is 0 Å². The van der Waals surface area contributed by atoms with Crippen molar-refractivity contribution in [3.63, 3.8) is 0 Å². The van der Waals surface area contributed by atoms with Crippen LogP contribution in [-0.2, 0) is 6.42 Å². The number of rotatable bonds is 3. The van der Waals surface area contributed by atoms with Gasteiger partial charge >= 0.3 is 0 Å².